The first kappa shape index (κ1) is 24.6. The Bertz CT molecular complexity index is 1410. The molecule has 1 amide bonds. The second-order valence-corrected chi connectivity index (χ2v) is 9.90. The molecule has 0 saturated heterocycles. The van der Waals surface area contributed by atoms with Crippen molar-refractivity contribution in [2.24, 2.45) is 0 Å². The summed E-state index contributed by atoms with van der Waals surface area (Å²) in [6.07, 6.45) is 2.29. The quantitative estimate of drug-likeness (QED) is 0.277. The van der Waals surface area contributed by atoms with Gasteiger partial charge in [0.1, 0.15) is 6.10 Å². The number of rotatable bonds is 7. The number of nitrogens with zero attached hydrogens (tertiary/aromatic N) is 2. The molecule has 0 radical (unpaired) electrons. The average Bonchev–Trinajstić information content (AvgIpc) is 3.67. The van der Waals surface area contributed by atoms with E-state index in [0.29, 0.717) is 11.4 Å². The van der Waals surface area contributed by atoms with Gasteiger partial charge in [-0.3, -0.25) is 15.1 Å². The van der Waals surface area contributed by atoms with Gasteiger partial charge >= 0.3 is 12.1 Å². The molecule has 1 saturated carbocycles. The number of ether oxygens (including phenoxy) is 2. The SMILES string of the molecule is COC(=O)C1(c2ccc(-c3ccc(-c4snc(C)c4NC(=O)O[C@H](C)c4ccccn4)cc3)cc2)CC1. The summed E-state index contributed by atoms with van der Waals surface area (Å²) in [5, 5.41) is 2.87. The van der Waals surface area contributed by atoms with Crippen molar-refractivity contribution < 1.29 is 19.1 Å². The molecule has 4 aromatic rings. The predicted molar refractivity (Wildman–Crippen MR) is 143 cm³/mol. The monoisotopic (exact) mass is 513 g/mol. The number of benzene rings is 2. The number of pyridine rings is 1. The van der Waals surface area contributed by atoms with Crippen molar-refractivity contribution in [3.63, 3.8) is 0 Å². The van der Waals surface area contributed by atoms with E-state index in [1.165, 1.54) is 18.6 Å². The molecule has 1 fully saturated rings. The lowest BCUT2D eigenvalue weighted by molar-refractivity contribution is -0.143. The highest BCUT2D eigenvalue weighted by molar-refractivity contribution is 7.10. The van der Waals surface area contributed by atoms with Crippen molar-refractivity contribution >= 4 is 29.3 Å². The van der Waals surface area contributed by atoms with Crippen LogP contribution in [0.15, 0.2) is 72.9 Å². The van der Waals surface area contributed by atoms with Crippen LogP contribution in [0.25, 0.3) is 21.6 Å². The van der Waals surface area contributed by atoms with E-state index in [-0.39, 0.29) is 5.97 Å². The predicted octanol–water partition coefficient (Wildman–Crippen LogP) is 6.69. The number of hydrogen-bond donors (Lipinski definition) is 1. The fraction of sp³-hybridized carbons (Fsp3) is 0.241. The summed E-state index contributed by atoms with van der Waals surface area (Å²) in [5.41, 5.74) is 5.63. The fourth-order valence-electron chi connectivity index (χ4n) is 4.41. The highest BCUT2D eigenvalue weighted by atomic mass is 32.1. The summed E-state index contributed by atoms with van der Waals surface area (Å²) >= 11 is 1.33. The zero-order valence-corrected chi connectivity index (χ0v) is 21.7. The molecule has 1 N–H and O–H groups in total. The third-order valence-corrected chi connectivity index (χ3v) is 7.71. The molecule has 1 aliphatic carbocycles. The van der Waals surface area contributed by atoms with Gasteiger partial charge < -0.3 is 9.47 Å². The van der Waals surface area contributed by atoms with E-state index < -0.39 is 17.6 Å². The molecule has 2 heterocycles. The van der Waals surface area contributed by atoms with Crippen molar-refractivity contribution in [3.8, 4) is 21.6 Å². The summed E-state index contributed by atoms with van der Waals surface area (Å²) in [7, 11) is 1.44. The Morgan fingerprint density at radius 2 is 1.62 bits per heavy atom. The minimum absolute atomic E-state index is 0.163. The van der Waals surface area contributed by atoms with Crippen LogP contribution < -0.4 is 5.32 Å². The molecule has 2 aromatic carbocycles. The van der Waals surface area contributed by atoms with Gasteiger partial charge in [-0.2, -0.15) is 4.37 Å². The Hall–Kier alpha value is -4.04. The molecule has 0 bridgehead atoms. The van der Waals surface area contributed by atoms with Crippen molar-refractivity contribution in [1.82, 2.24) is 9.36 Å². The highest BCUT2D eigenvalue weighted by Gasteiger charge is 2.52. The van der Waals surface area contributed by atoms with Crippen LogP contribution in [-0.4, -0.2) is 28.5 Å². The second kappa shape index (κ2) is 10.1. The maximum atomic E-state index is 12.6. The zero-order chi connectivity index (χ0) is 26.0. The van der Waals surface area contributed by atoms with Crippen LogP contribution in [0, 0.1) is 6.92 Å². The van der Waals surface area contributed by atoms with E-state index in [9.17, 15) is 9.59 Å². The van der Waals surface area contributed by atoms with E-state index >= 15 is 0 Å². The van der Waals surface area contributed by atoms with Gasteiger partial charge in [-0.1, -0.05) is 54.6 Å². The average molecular weight is 514 g/mol. The molecular weight excluding hydrogens is 486 g/mol. The van der Waals surface area contributed by atoms with Gasteiger partial charge in [-0.15, -0.1) is 0 Å². The van der Waals surface area contributed by atoms with Gasteiger partial charge in [0.05, 0.1) is 34.5 Å². The third-order valence-electron chi connectivity index (χ3n) is 6.72. The van der Waals surface area contributed by atoms with Crippen molar-refractivity contribution in [2.45, 2.75) is 38.2 Å². The summed E-state index contributed by atoms with van der Waals surface area (Å²) in [6, 6.07) is 21.7. The summed E-state index contributed by atoms with van der Waals surface area (Å²) in [4.78, 5) is 29.9. The lowest BCUT2D eigenvalue weighted by atomic mass is 9.93. The molecule has 8 heteroatoms. The molecule has 1 aliphatic rings. The first-order valence-corrected chi connectivity index (χ1v) is 12.8. The lowest BCUT2D eigenvalue weighted by Gasteiger charge is -2.14. The van der Waals surface area contributed by atoms with Crippen LogP contribution in [0.1, 0.15) is 42.8 Å². The number of esters is 1. The van der Waals surface area contributed by atoms with Crippen molar-refractivity contribution in [1.29, 1.82) is 0 Å². The zero-order valence-electron chi connectivity index (χ0n) is 20.9. The number of methoxy groups -OCH3 is 1. The Morgan fingerprint density at radius 3 is 2.22 bits per heavy atom. The van der Waals surface area contributed by atoms with E-state index in [1.807, 2.05) is 73.7 Å². The minimum atomic E-state index is -0.556. The van der Waals surface area contributed by atoms with E-state index in [1.54, 1.807) is 13.1 Å². The Kier molecular flexibility index (Phi) is 6.76. The second-order valence-electron chi connectivity index (χ2n) is 9.13. The molecule has 1 atom stereocenters. The molecule has 7 nitrogen and oxygen atoms in total. The topological polar surface area (TPSA) is 90.4 Å². The van der Waals surface area contributed by atoms with Crippen LogP contribution in [-0.2, 0) is 19.7 Å². The third kappa shape index (κ3) is 4.97. The van der Waals surface area contributed by atoms with Crippen LogP contribution in [0.2, 0.25) is 0 Å². The number of aryl methyl sites for hydroxylation is 1. The van der Waals surface area contributed by atoms with Crippen LogP contribution in [0.3, 0.4) is 0 Å². The molecule has 0 unspecified atom stereocenters. The Balaban J connectivity index is 1.30. The summed E-state index contributed by atoms with van der Waals surface area (Å²) < 4.78 is 15.0. The molecule has 2 aromatic heterocycles. The van der Waals surface area contributed by atoms with E-state index in [4.69, 9.17) is 9.47 Å². The molecule has 188 valence electrons. The standard InChI is InChI=1S/C29H27N3O4S/c1-18-25(31-28(34)36-19(2)24-6-4-5-17-30-24)26(37-32-18)22-9-7-20(8-10-22)21-11-13-23(14-12-21)29(15-16-29)27(33)35-3/h4-14,17,19H,15-16H2,1-3H3,(H,31,34)/t19-/m1/s1. The van der Waals surface area contributed by atoms with Crippen molar-refractivity contribution in [2.75, 3.05) is 12.4 Å². The van der Waals surface area contributed by atoms with Crippen LogP contribution >= 0.6 is 11.5 Å². The number of carbonyl (C=O) groups is 2. The lowest BCUT2D eigenvalue weighted by Crippen LogP contribution is -2.21. The molecule has 37 heavy (non-hydrogen) atoms. The normalized spacial score (nSPS) is 14.5. The number of anilines is 1. The van der Waals surface area contributed by atoms with Gasteiger partial charge in [-0.05, 0) is 72.6 Å². The molecule has 0 spiro atoms. The van der Waals surface area contributed by atoms with Gasteiger partial charge in [-0.25, -0.2) is 4.79 Å². The van der Waals surface area contributed by atoms with Crippen LogP contribution in [0.5, 0.6) is 0 Å². The number of nitrogens with one attached hydrogen (secondary N) is 1. The molecule has 0 aliphatic heterocycles. The van der Waals surface area contributed by atoms with Gasteiger partial charge in [0.15, 0.2) is 0 Å². The van der Waals surface area contributed by atoms with Crippen molar-refractivity contribution in [3.05, 3.63) is 89.9 Å². The fourth-order valence-corrected chi connectivity index (χ4v) is 5.26. The first-order chi connectivity index (χ1) is 17.9. The number of aromatic nitrogens is 2. The van der Waals surface area contributed by atoms with Crippen LogP contribution in [0.4, 0.5) is 10.5 Å². The van der Waals surface area contributed by atoms with Gasteiger partial charge in [0.25, 0.3) is 0 Å². The maximum absolute atomic E-state index is 12.6. The summed E-state index contributed by atoms with van der Waals surface area (Å²) in [6.45, 7) is 3.64. The first-order valence-electron chi connectivity index (χ1n) is 12.1. The maximum Gasteiger partial charge on any atom is 0.412 e. The summed E-state index contributed by atoms with van der Waals surface area (Å²) in [5.74, 6) is -0.163. The number of hydrogen-bond acceptors (Lipinski definition) is 7. The number of carbonyl (C=O) groups excluding carboxylic acids is 2. The molecule has 5 rings (SSSR count). The molecular formula is C29H27N3O4S. The Morgan fingerprint density at radius 1 is 0.973 bits per heavy atom. The van der Waals surface area contributed by atoms with Gasteiger partial charge in [0, 0.05) is 6.20 Å². The van der Waals surface area contributed by atoms with Gasteiger partial charge in [0.2, 0.25) is 0 Å². The number of amides is 1. The minimum Gasteiger partial charge on any atom is -0.468 e. The van der Waals surface area contributed by atoms with E-state index in [2.05, 4.69) is 14.7 Å². The largest absolute Gasteiger partial charge is 0.468 e. The Labute approximate surface area is 219 Å². The van der Waals surface area contributed by atoms with E-state index in [0.717, 1.165) is 45.7 Å². The smallest absolute Gasteiger partial charge is 0.412 e. The highest BCUT2D eigenvalue weighted by Crippen LogP contribution is 2.49.